The molecule has 0 aromatic carbocycles. The highest BCUT2D eigenvalue weighted by Crippen LogP contribution is 2.64. The van der Waals surface area contributed by atoms with Gasteiger partial charge in [-0.2, -0.15) is 0 Å². The molecule has 5 nitrogen and oxygen atoms in total. The van der Waals surface area contributed by atoms with Crippen molar-refractivity contribution in [2.45, 2.75) is 38.9 Å². The summed E-state index contributed by atoms with van der Waals surface area (Å²) < 4.78 is 10.2. The molecule has 5 heteroatoms. The molecule has 90 valence electrons. The maximum absolute atomic E-state index is 10.9. The van der Waals surface area contributed by atoms with Crippen molar-refractivity contribution in [1.29, 1.82) is 0 Å². The molecule has 4 atom stereocenters. The van der Waals surface area contributed by atoms with E-state index in [2.05, 4.69) is 0 Å². The van der Waals surface area contributed by atoms with Crippen LogP contribution in [0, 0.1) is 11.3 Å². The van der Waals surface area contributed by atoms with Crippen LogP contribution >= 0.6 is 0 Å². The van der Waals surface area contributed by atoms with Crippen molar-refractivity contribution in [1.82, 2.24) is 0 Å². The van der Waals surface area contributed by atoms with Gasteiger partial charge >= 0.3 is 11.9 Å². The summed E-state index contributed by atoms with van der Waals surface area (Å²) in [5, 5.41) is 9.72. The third kappa shape index (κ3) is 1.80. The third-order valence-electron chi connectivity index (χ3n) is 3.59. The van der Waals surface area contributed by atoms with E-state index in [1.165, 1.54) is 13.8 Å². The lowest BCUT2D eigenvalue weighted by Crippen LogP contribution is -2.30. The van der Waals surface area contributed by atoms with Crippen LogP contribution in [0.1, 0.15) is 26.7 Å². The number of esters is 2. The molecule has 2 aliphatic rings. The highest BCUT2D eigenvalue weighted by Gasteiger charge is 2.69. The molecular formula is C11H16O5. The van der Waals surface area contributed by atoms with Crippen LogP contribution in [0.3, 0.4) is 0 Å². The molecule has 2 aliphatic carbocycles. The van der Waals surface area contributed by atoms with Gasteiger partial charge in [0.1, 0.15) is 12.7 Å². The highest BCUT2D eigenvalue weighted by molar-refractivity contribution is 5.67. The van der Waals surface area contributed by atoms with Crippen LogP contribution in [-0.2, 0) is 19.1 Å². The van der Waals surface area contributed by atoms with Crippen LogP contribution in [0.25, 0.3) is 0 Å². The molecule has 0 aromatic heterocycles. The zero-order valence-corrected chi connectivity index (χ0v) is 9.43. The van der Waals surface area contributed by atoms with Gasteiger partial charge in [-0.05, 0) is 12.3 Å². The molecule has 0 spiro atoms. The molecule has 0 saturated heterocycles. The van der Waals surface area contributed by atoms with Gasteiger partial charge in [-0.1, -0.05) is 0 Å². The summed E-state index contributed by atoms with van der Waals surface area (Å²) in [4.78, 5) is 21.7. The number of ether oxygens (including phenoxy) is 2. The fourth-order valence-corrected chi connectivity index (χ4v) is 2.72. The quantitative estimate of drug-likeness (QED) is 0.701. The lowest BCUT2D eigenvalue weighted by Gasteiger charge is -2.22. The van der Waals surface area contributed by atoms with Crippen molar-refractivity contribution in [3.05, 3.63) is 0 Å². The van der Waals surface area contributed by atoms with Crippen molar-refractivity contribution >= 4 is 11.9 Å². The van der Waals surface area contributed by atoms with Crippen LogP contribution in [0.2, 0.25) is 0 Å². The van der Waals surface area contributed by atoms with Gasteiger partial charge in [0, 0.05) is 25.7 Å². The van der Waals surface area contributed by atoms with E-state index in [1.807, 2.05) is 0 Å². The van der Waals surface area contributed by atoms with E-state index in [4.69, 9.17) is 9.47 Å². The van der Waals surface area contributed by atoms with Crippen LogP contribution in [0.15, 0.2) is 0 Å². The molecule has 2 saturated carbocycles. The van der Waals surface area contributed by atoms with E-state index < -0.39 is 6.10 Å². The van der Waals surface area contributed by atoms with Crippen LogP contribution in [0.5, 0.6) is 0 Å². The molecular weight excluding hydrogens is 212 g/mol. The summed E-state index contributed by atoms with van der Waals surface area (Å²) >= 11 is 0. The number of fused-ring (bicyclic) bond motifs is 1. The number of hydrogen-bond donors (Lipinski definition) is 1. The van der Waals surface area contributed by atoms with E-state index in [0.717, 1.165) is 6.42 Å². The molecule has 2 fully saturated rings. The summed E-state index contributed by atoms with van der Waals surface area (Å²) in [7, 11) is 0. The lowest BCUT2D eigenvalue weighted by molar-refractivity contribution is -0.153. The van der Waals surface area contributed by atoms with Gasteiger partial charge in [0.15, 0.2) is 0 Å². The number of carbonyl (C=O) groups excluding carboxylic acids is 2. The third-order valence-corrected chi connectivity index (χ3v) is 3.59. The van der Waals surface area contributed by atoms with Crippen molar-refractivity contribution in [2.75, 3.05) is 6.61 Å². The topological polar surface area (TPSA) is 72.8 Å². The summed E-state index contributed by atoms with van der Waals surface area (Å²) in [6.07, 6.45) is 0.453. The summed E-state index contributed by atoms with van der Waals surface area (Å²) in [6, 6.07) is 0. The zero-order chi connectivity index (χ0) is 11.9. The highest BCUT2D eigenvalue weighted by atomic mass is 16.6. The molecule has 0 heterocycles. The second-order valence-electron chi connectivity index (χ2n) is 4.73. The molecule has 0 radical (unpaired) electrons. The molecule has 0 unspecified atom stereocenters. The second kappa shape index (κ2) is 3.73. The normalized spacial score (nSPS) is 40.1. The molecule has 0 aliphatic heterocycles. The van der Waals surface area contributed by atoms with Gasteiger partial charge in [0.25, 0.3) is 0 Å². The first-order valence-corrected chi connectivity index (χ1v) is 5.44. The zero-order valence-electron chi connectivity index (χ0n) is 9.43. The number of aliphatic hydroxyl groups excluding tert-OH is 1. The Hall–Kier alpha value is -1.10. The van der Waals surface area contributed by atoms with Gasteiger partial charge in [-0.3, -0.25) is 9.59 Å². The van der Waals surface area contributed by atoms with Gasteiger partial charge in [-0.25, -0.2) is 0 Å². The number of carbonyl (C=O) groups is 2. The Morgan fingerprint density at radius 2 is 2.06 bits per heavy atom. The summed E-state index contributed by atoms with van der Waals surface area (Å²) in [6.45, 7) is 2.93. The number of rotatable bonds is 3. The lowest BCUT2D eigenvalue weighted by atomic mass is 10.0. The summed E-state index contributed by atoms with van der Waals surface area (Å²) in [5.74, 6) is -0.592. The first-order chi connectivity index (χ1) is 7.45. The molecule has 2 rings (SSSR count). The van der Waals surface area contributed by atoms with Gasteiger partial charge in [-0.15, -0.1) is 0 Å². The Kier molecular flexibility index (Phi) is 2.66. The Labute approximate surface area is 93.7 Å². The van der Waals surface area contributed by atoms with Crippen molar-refractivity contribution in [3.8, 4) is 0 Å². The van der Waals surface area contributed by atoms with Gasteiger partial charge in [0.2, 0.25) is 0 Å². The Balaban J connectivity index is 2.01. The van der Waals surface area contributed by atoms with Gasteiger partial charge < -0.3 is 14.6 Å². The van der Waals surface area contributed by atoms with E-state index in [1.54, 1.807) is 0 Å². The average molecular weight is 228 g/mol. The maximum Gasteiger partial charge on any atom is 0.302 e. The Morgan fingerprint density at radius 3 is 2.56 bits per heavy atom. The minimum absolute atomic E-state index is 0.108. The van der Waals surface area contributed by atoms with E-state index in [-0.39, 0.29) is 36.0 Å². The van der Waals surface area contributed by atoms with E-state index >= 15 is 0 Å². The van der Waals surface area contributed by atoms with Crippen LogP contribution < -0.4 is 0 Å². The number of hydrogen-bond acceptors (Lipinski definition) is 5. The fraction of sp³-hybridized carbons (Fsp3) is 0.818. The Bertz CT molecular complexity index is 326. The fourth-order valence-electron chi connectivity index (χ4n) is 2.72. The monoisotopic (exact) mass is 228 g/mol. The standard InChI is InChI=1S/C11H16O5/c1-6(12)15-5-11-4-8(11)9(14)3-10(11)16-7(2)13/h8-10,14H,3-5H2,1-2H3/t8-,9-,10+,11+/m1/s1. The molecule has 0 bridgehead atoms. The van der Waals surface area contributed by atoms with Crippen LogP contribution in [0.4, 0.5) is 0 Å². The molecule has 0 aromatic rings. The van der Waals surface area contributed by atoms with Crippen molar-refractivity contribution in [3.63, 3.8) is 0 Å². The first-order valence-electron chi connectivity index (χ1n) is 5.44. The molecule has 1 N–H and O–H groups in total. The molecule has 0 amide bonds. The van der Waals surface area contributed by atoms with Crippen molar-refractivity contribution < 1.29 is 24.2 Å². The maximum atomic E-state index is 10.9. The Morgan fingerprint density at radius 1 is 1.38 bits per heavy atom. The second-order valence-corrected chi connectivity index (χ2v) is 4.73. The summed E-state index contributed by atoms with van der Waals surface area (Å²) in [5.41, 5.74) is -0.323. The minimum atomic E-state index is -0.445. The SMILES string of the molecule is CC(=O)OC[C@@]12C[C@@H]1[C@H](O)C[C@@H]2OC(C)=O. The first kappa shape index (κ1) is 11.4. The van der Waals surface area contributed by atoms with E-state index in [0.29, 0.717) is 6.42 Å². The largest absolute Gasteiger partial charge is 0.465 e. The van der Waals surface area contributed by atoms with Gasteiger partial charge in [0.05, 0.1) is 6.10 Å². The number of aliphatic hydroxyl groups is 1. The van der Waals surface area contributed by atoms with Crippen LogP contribution in [-0.4, -0.2) is 35.9 Å². The van der Waals surface area contributed by atoms with Crippen molar-refractivity contribution in [2.24, 2.45) is 11.3 Å². The predicted octanol–water partition coefficient (Wildman–Crippen LogP) is 0.252. The predicted molar refractivity (Wildman–Crippen MR) is 53.4 cm³/mol. The average Bonchev–Trinajstić information content (AvgIpc) is 2.83. The van der Waals surface area contributed by atoms with E-state index in [9.17, 15) is 14.7 Å². The molecule has 16 heavy (non-hydrogen) atoms. The minimum Gasteiger partial charge on any atom is -0.465 e. The smallest absolute Gasteiger partial charge is 0.302 e.